The Morgan fingerprint density at radius 2 is 1.73 bits per heavy atom. The van der Waals surface area contributed by atoms with Crippen LogP contribution in [0, 0.1) is 10.1 Å². The summed E-state index contributed by atoms with van der Waals surface area (Å²) in [4.78, 5) is 9.52. The number of aromatic hydroxyl groups is 1. The normalized spacial score (nSPS) is 8.36. The molecule has 5 heteroatoms. The first-order chi connectivity index (χ1) is 4.70. The largest absolute Gasteiger partial charge is 0.508 e. The zero-order valence-electron chi connectivity index (χ0n) is 6.02. The standard InChI is InChI=1S/C6H5NO3.K/c8-6-3-1-5(2-4-6)7(9)10;/h1-4,8H;. The van der Waals surface area contributed by atoms with Crippen molar-refractivity contribution in [2.45, 2.75) is 0 Å². The van der Waals surface area contributed by atoms with E-state index >= 15 is 0 Å². The third-order valence-electron chi connectivity index (χ3n) is 1.06. The van der Waals surface area contributed by atoms with Crippen molar-refractivity contribution in [3.63, 3.8) is 0 Å². The van der Waals surface area contributed by atoms with Crippen molar-refractivity contribution in [2.24, 2.45) is 0 Å². The number of hydrogen-bond donors (Lipinski definition) is 1. The van der Waals surface area contributed by atoms with Gasteiger partial charge in [-0.3, -0.25) is 10.1 Å². The van der Waals surface area contributed by atoms with Crippen LogP contribution < -0.4 is 0 Å². The van der Waals surface area contributed by atoms with E-state index < -0.39 is 4.92 Å². The summed E-state index contributed by atoms with van der Waals surface area (Å²) in [6, 6.07) is 5.04. The summed E-state index contributed by atoms with van der Waals surface area (Å²) >= 11 is 0. The van der Waals surface area contributed by atoms with E-state index in [-0.39, 0.29) is 62.8 Å². The topological polar surface area (TPSA) is 63.4 Å². The van der Waals surface area contributed by atoms with Gasteiger partial charge in [0.1, 0.15) is 5.75 Å². The second-order valence-electron chi connectivity index (χ2n) is 1.77. The molecule has 0 saturated carbocycles. The Hall–Kier alpha value is 0.0564. The molecule has 0 aliphatic carbocycles. The van der Waals surface area contributed by atoms with Crippen molar-refractivity contribution in [1.82, 2.24) is 0 Å². The summed E-state index contributed by atoms with van der Waals surface area (Å²) < 4.78 is 0. The molecule has 0 saturated heterocycles. The molecule has 1 rings (SSSR count). The molecule has 1 radical (unpaired) electrons. The molecule has 1 N–H and O–H groups in total. The molecule has 0 aliphatic rings. The van der Waals surface area contributed by atoms with Crippen LogP contribution in [0.1, 0.15) is 0 Å². The number of hydrogen-bond acceptors (Lipinski definition) is 3. The minimum absolute atomic E-state index is 0. The molecule has 0 spiro atoms. The molecule has 0 heterocycles. The number of nitro groups is 1. The van der Waals surface area contributed by atoms with Crippen LogP contribution in [0.15, 0.2) is 24.3 Å². The maximum Gasteiger partial charge on any atom is 0.269 e. The second-order valence-corrected chi connectivity index (χ2v) is 1.77. The Bertz CT molecular complexity index is 247. The van der Waals surface area contributed by atoms with Gasteiger partial charge in [0.15, 0.2) is 0 Å². The molecule has 0 fully saturated rings. The van der Waals surface area contributed by atoms with Gasteiger partial charge in [-0.15, -0.1) is 0 Å². The average molecular weight is 178 g/mol. The molecule has 0 aromatic heterocycles. The molecule has 53 valence electrons. The molecular formula is C6H5KNO3. The summed E-state index contributed by atoms with van der Waals surface area (Å²) in [5.41, 5.74) is -0.0159. The molecule has 0 amide bonds. The zero-order valence-corrected chi connectivity index (χ0v) is 9.14. The van der Waals surface area contributed by atoms with Gasteiger partial charge < -0.3 is 5.11 Å². The summed E-state index contributed by atoms with van der Waals surface area (Å²) in [5, 5.41) is 18.8. The molecule has 1 aromatic carbocycles. The Labute approximate surface area is 106 Å². The fourth-order valence-corrected chi connectivity index (χ4v) is 0.574. The summed E-state index contributed by atoms with van der Waals surface area (Å²) in [7, 11) is 0. The van der Waals surface area contributed by atoms with Gasteiger partial charge in [0.25, 0.3) is 5.69 Å². The number of phenols is 1. The van der Waals surface area contributed by atoms with Gasteiger partial charge in [-0.05, 0) is 12.1 Å². The van der Waals surface area contributed by atoms with Crippen LogP contribution in [0.5, 0.6) is 5.75 Å². The van der Waals surface area contributed by atoms with Gasteiger partial charge in [0, 0.05) is 63.5 Å². The SMILES string of the molecule is O=[N+]([O-])c1ccc(O)cc1.[K]. The minimum Gasteiger partial charge on any atom is -0.508 e. The van der Waals surface area contributed by atoms with Crippen LogP contribution in [-0.4, -0.2) is 61.4 Å². The van der Waals surface area contributed by atoms with E-state index in [1.807, 2.05) is 0 Å². The van der Waals surface area contributed by atoms with Gasteiger partial charge in [-0.2, -0.15) is 0 Å². The Balaban J connectivity index is 0.000001000. The summed E-state index contributed by atoms with van der Waals surface area (Å²) in [6.07, 6.45) is 0. The molecule has 0 aliphatic heterocycles. The van der Waals surface area contributed by atoms with Crippen LogP contribution >= 0.6 is 0 Å². The molecular weight excluding hydrogens is 173 g/mol. The maximum atomic E-state index is 10.0. The first-order valence-corrected chi connectivity index (χ1v) is 2.63. The Kier molecular flexibility index (Phi) is 4.86. The fourth-order valence-electron chi connectivity index (χ4n) is 0.574. The molecule has 1 aromatic rings. The second kappa shape index (κ2) is 4.84. The van der Waals surface area contributed by atoms with E-state index in [1.54, 1.807) is 0 Å². The molecule has 0 unspecified atom stereocenters. The van der Waals surface area contributed by atoms with Crippen LogP contribution in [0.4, 0.5) is 5.69 Å². The maximum absolute atomic E-state index is 10.0. The number of benzene rings is 1. The van der Waals surface area contributed by atoms with E-state index in [0.29, 0.717) is 0 Å². The first kappa shape index (κ1) is 11.1. The Morgan fingerprint density at radius 3 is 2.09 bits per heavy atom. The Morgan fingerprint density at radius 1 is 1.27 bits per heavy atom. The summed E-state index contributed by atoms with van der Waals surface area (Å²) in [5.74, 6) is 0.0330. The van der Waals surface area contributed by atoms with Crippen molar-refractivity contribution >= 4 is 57.1 Å². The van der Waals surface area contributed by atoms with Gasteiger partial charge in [0.05, 0.1) is 4.92 Å². The van der Waals surface area contributed by atoms with E-state index in [0.717, 1.165) is 0 Å². The van der Waals surface area contributed by atoms with Gasteiger partial charge in [-0.1, -0.05) is 0 Å². The predicted molar refractivity (Wildman–Crippen MR) is 40.5 cm³/mol. The van der Waals surface area contributed by atoms with Crippen molar-refractivity contribution < 1.29 is 10.0 Å². The van der Waals surface area contributed by atoms with Crippen molar-refractivity contribution in [3.8, 4) is 5.75 Å². The summed E-state index contributed by atoms with van der Waals surface area (Å²) in [6.45, 7) is 0. The molecule has 4 nitrogen and oxygen atoms in total. The van der Waals surface area contributed by atoms with E-state index in [2.05, 4.69) is 0 Å². The molecule has 0 atom stereocenters. The molecule has 0 bridgehead atoms. The minimum atomic E-state index is -0.514. The quantitative estimate of drug-likeness (QED) is 0.395. The smallest absolute Gasteiger partial charge is 0.269 e. The van der Waals surface area contributed by atoms with Crippen LogP contribution in [0.3, 0.4) is 0 Å². The van der Waals surface area contributed by atoms with E-state index in [4.69, 9.17) is 5.11 Å². The third kappa shape index (κ3) is 3.30. The molecule has 11 heavy (non-hydrogen) atoms. The number of non-ortho nitro benzene ring substituents is 1. The van der Waals surface area contributed by atoms with Crippen LogP contribution in [-0.2, 0) is 0 Å². The van der Waals surface area contributed by atoms with Crippen molar-refractivity contribution in [3.05, 3.63) is 34.4 Å². The average Bonchev–Trinajstić information content (AvgIpc) is 1.88. The van der Waals surface area contributed by atoms with Crippen molar-refractivity contribution in [2.75, 3.05) is 0 Å². The first-order valence-electron chi connectivity index (χ1n) is 2.63. The monoisotopic (exact) mass is 178 g/mol. The number of nitrogens with zero attached hydrogens (tertiary/aromatic N) is 1. The van der Waals surface area contributed by atoms with Crippen molar-refractivity contribution in [1.29, 1.82) is 0 Å². The number of rotatable bonds is 1. The number of nitro benzene ring substituents is 1. The van der Waals surface area contributed by atoms with Gasteiger partial charge in [-0.25, -0.2) is 0 Å². The third-order valence-corrected chi connectivity index (χ3v) is 1.06. The van der Waals surface area contributed by atoms with E-state index in [9.17, 15) is 10.1 Å². The van der Waals surface area contributed by atoms with Crippen LogP contribution in [0.25, 0.3) is 0 Å². The van der Waals surface area contributed by atoms with Gasteiger partial charge >= 0.3 is 0 Å². The van der Waals surface area contributed by atoms with Crippen LogP contribution in [0.2, 0.25) is 0 Å². The number of phenolic OH excluding ortho intramolecular Hbond substituents is 1. The zero-order chi connectivity index (χ0) is 7.56. The van der Waals surface area contributed by atoms with E-state index in [1.165, 1.54) is 24.3 Å². The van der Waals surface area contributed by atoms with Gasteiger partial charge in [0.2, 0.25) is 0 Å². The predicted octanol–water partition coefficient (Wildman–Crippen LogP) is 0.920. The fraction of sp³-hybridized carbons (Fsp3) is 0.